The van der Waals surface area contributed by atoms with Gasteiger partial charge in [-0.25, -0.2) is 9.67 Å². The van der Waals surface area contributed by atoms with Crippen LogP contribution < -0.4 is 5.32 Å². The van der Waals surface area contributed by atoms with E-state index < -0.39 is 11.9 Å². The summed E-state index contributed by atoms with van der Waals surface area (Å²) >= 11 is 0. The fourth-order valence-electron chi connectivity index (χ4n) is 3.75. The van der Waals surface area contributed by atoms with Gasteiger partial charge in [0.2, 0.25) is 5.91 Å². The number of halogens is 3. The molecule has 162 valence electrons. The molecule has 1 aliphatic rings. The lowest BCUT2D eigenvalue weighted by Gasteiger charge is -2.09. The van der Waals surface area contributed by atoms with Gasteiger partial charge in [-0.2, -0.15) is 18.3 Å². The molecule has 0 bridgehead atoms. The number of hydrogen-bond acceptors (Lipinski definition) is 3. The Balaban J connectivity index is 1.45. The Morgan fingerprint density at radius 2 is 1.78 bits per heavy atom. The quantitative estimate of drug-likeness (QED) is 0.431. The summed E-state index contributed by atoms with van der Waals surface area (Å²) in [5.41, 5.74) is 3.40. The summed E-state index contributed by atoms with van der Waals surface area (Å²) in [6.45, 7) is 1.45. The van der Waals surface area contributed by atoms with Crippen LogP contribution in [0.15, 0.2) is 60.7 Å². The van der Waals surface area contributed by atoms with Gasteiger partial charge in [-0.15, -0.1) is 0 Å². The Hall–Kier alpha value is -3.68. The van der Waals surface area contributed by atoms with Gasteiger partial charge in [0.1, 0.15) is 0 Å². The minimum Gasteiger partial charge on any atom is -0.326 e. The summed E-state index contributed by atoms with van der Waals surface area (Å²) < 4.78 is 40.9. The maximum absolute atomic E-state index is 13.2. The number of rotatable bonds is 4. The third-order valence-corrected chi connectivity index (χ3v) is 5.44. The summed E-state index contributed by atoms with van der Waals surface area (Å²) in [5, 5.41) is 7.47. The average Bonchev–Trinajstić information content (AvgIpc) is 3.50. The van der Waals surface area contributed by atoms with Crippen molar-refractivity contribution in [2.24, 2.45) is 0 Å². The third kappa shape index (κ3) is 3.95. The highest BCUT2D eigenvalue weighted by Crippen LogP contribution is 2.43. The molecule has 0 atom stereocenters. The number of amides is 1. The van der Waals surface area contributed by atoms with Crippen LogP contribution in [0.25, 0.3) is 27.8 Å². The first kappa shape index (κ1) is 20.2. The van der Waals surface area contributed by atoms with Crippen molar-refractivity contribution in [1.82, 2.24) is 14.8 Å². The van der Waals surface area contributed by atoms with Gasteiger partial charge in [0, 0.05) is 35.2 Å². The molecule has 0 aliphatic heterocycles. The summed E-state index contributed by atoms with van der Waals surface area (Å²) in [6, 6.07) is 17.6. The lowest BCUT2D eigenvalue weighted by molar-refractivity contribution is -0.141. The average molecular weight is 436 g/mol. The second-order valence-corrected chi connectivity index (χ2v) is 7.97. The molecule has 4 aromatic rings. The summed E-state index contributed by atoms with van der Waals surface area (Å²) in [4.78, 5) is 15.9. The molecule has 0 spiro atoms. The van der Waals surface area contributed by atoms with Crippen LogP contribution in [0.3, 0.4) is 0 Å². The molecule has 5 nitrogen and oxygen atoms in total. The van der Waals surface area contributed by atoms with E-state index in [4.69, 9.17) is 0 Å². The van der Waals surface area contributed by atoms with E-state index in [9.17, 15) is 18.0 Å². The molecule has 2 heterocycles. The Morgan fingerprint density at radius 3 is 2.44 bits per heavy atom. The van der Waals surface area contributed by atoms with Crippen molar-refractivity contribution in [3.63, 3.8) is 0 Å². The van der Waals surface area contributed by atoms with E-state index >= 15 is 0 Å². The molecule has 1 saturated carbocycles. The van der Waals surface area contributed by atoms with Gasteiger partial charge in [-0.3, -0.25) is 4.79 Å². The van der Waals surface area contributed by atoms with E-state index in [0.717, 1.165) is 41.1 Å². The predicted octanol–water partition coefficient (Wildman–Crippen LogP) is 5.94. The fourth-order valence-corrected chi connectivity index (χ4v) is 3.75. The number of carbonyl (C=O) groups is 1. The summed E-state index contributed by atoms with van der Waals surface area (Å²) in [7, 11) is 0. The maximum Gasteiger partial charge on any atom is 0.435 e. The van der Waals surface area contributed by atoms with Gasteiger partial charge in [0.25, 0.3) is 0 Å². The number of benzene rings is 2. The fraction of sp³-hybridized carbons (Fsp3) is 0.208. The molecule has 5 rings (SSSR count). The Morgan fingerprint density at radius 1 is 1.03 bits per heavy atom. The Bertz CT molecular complexity index is 1320. The van der Waals surface area contributed by atoms with E-state index in [2.05, 4.69) is 15.4 Å². The number of carbonyl (C=O) groups excluding carboxylic acids is 1. The van der Waals surface area contributed by atoms with Crippen molar-refractivity contribution < 1.29 is 18.0 Å². The SMILES string of the molecule is CC(=O)Nc1ccc2nc(-c3ccc(-n4nc(C(F)(F)F)cc4C4CC4)cc3)ccc2c1. The van der Waals surface area contributed by atoms with Gasteiger partial charge in [0.15, 0.2) is 5.69 Å². The highest BCUT2D eigenvalue weighted by molar-refractivity contribution is 5.92. The van der Waals surface area contributed by atoms with Crippen molar-refractivity contribution in [2.45, 2.75) is 31.9 Å². The highest BCUT2D eigenvalue weighted by Gasteiger charge is 2.38. The molecule has 2 aromatic carbocycles. The zero-order valence-corrected chi connectivity index (χ0v) is 17.1. The Kier molecular flexibility index (Phi) is 4.73. The summed E-state index contributed by atoms with van der Waals surface area (Å²) in [5.74, 6) is -0.0128. The lowest BCUT2D eigenvalue weighted by atomic mass is 10.1. The number of pyridine rings is 1. The van der Waals surface area contributed by atoms with Crippen molar-refractivity contribution in [2.75, 3.05) is 5.32 Å². The zero-order valence-electron chi connectivity index (χ0n) is 17.1. The van der Waals surface area contributed by atoms with Gasteiger partial charge in [-0.1, -0.05) is 18.2 Å². The van der Waals surface area contributed by atoms with Gasteiger partial charge < -0.3 is 5.32 Å². The van der Waals surface area contributed by atoms with E-state index in [1.807, 2.05) is 36.4 Å². The second kappa shape index (κ2) is 7.47. The van der Waals surface area contributed by atoms with Crippen LogP contribution in [0.5, 0.6) is 0 Å². The van der Waals surface area contributed by atoms with Crippen molar-refractivity contribution in [1.29, 1.82) is 0 Å². The standard InChI is InChI=1S/C24H19F3N4O/c1-14(32)28-18-7-11-21-17(12-18)6-10-20(29-21)15-4-8-19(9-5-15)31-22(16-2-3-16)13-23(30-31)24(25,26)27/h4-13,16H,2-3H2,1H3,(H,28,32). The number of nitrogens with zero attached hydrogens (tertiary/aromatic N) is 3. The lowest BCUT2D eigenvalue weighted by Crippen LogP contribution is -2.07. The van der Waals surface area contributed by atoms with Gasteiger partial charge in [0.05, 0.1) is 16.9 Å². The molecular formula is C24H19F3N4O. The number of hydrogen-bond donors (Lipinski definition) is 1. The molecule has 32 heavy (non-hydrogen) atoms. The van der Waals surface area contributed by atoms with Crippen LogP contribution in [-0.4, -0.2) is 20.7 Å². The molecule has 8 heteroatoms. The molecular weight excluding hydrogens is 417 g/mol. The number of fused-ring (bicyclic) bond motifs is 1. The highest BCUT2D eigenvalue weighted by atomic mass is 19.4. The first-order valence-electron chi connectivity index (χ1n) is 10.2. The van der Waals surface area contributed by atoms with E-state index in [1.165, 1.54) is 11.6 Å². The predicted molar refractivity (Wildman–Crippen MR) is 116 cm³/mol. The normalized spacial score (nSPS) is 14.0. The number of nitrogens with one attached hydrogen (secondary N) is 1. The van der Waals surface area contributed by atoms with Crippen LogP contribution in [0, 0.1) is 0 Å². The van der Waals surface area contributed by atoms with Gasteiger partial charge >= 0.3 is 6.18 Å². The minimum absolute atomic E-state index is 0.128. The second-order valence-electron chi connectivity index (χ2n) is 7.97. The van der Waals surface area contributed by atoms with E-state index in [-0.39, 0.29) is 11.8 Å². The van der Waals surface area contributed by atoms with Crippen molar-refractivity contribution >= 4 is 22.5 Å². The number of aromatic nitrogens is 3. The van der Waals surface area contributed by atoms with Crippen LogP contribution >= 0.6 is 0 Å². The molecule has 1 aliphatic carbocycles. The van der Waals surface area contributed by atoms with E-state index in [1.54, 1.807) is 18.2 Å². The van der Waals surface area contributed by atoms with Crippen molar-refractivity contribution in [3.05, 3.63) is 72.1 Å². The van der Waals surface area contributed by atoms with Gasteiger partial charge in [-0.05, 0) is 55.3 Å². The van der Waals surface area contributed by atoms with Crippen LogP contribution in [0.1, 0.15) is 37.1 Å². The largest absolute Gasteiger partial charge is 0.435 e. The first-order chi connectivity index (χ1) is 15.3. The molecule has 2 aromatic heterocycles. The first-order valence-corrected chi connectivity index (χ1v) is 10.2. The topological polar surface area (TPSA) is 59.8 Å². The van der Waals surface area contributed by atoms with Crippen LogP contribution in [0.4, 0.5) is 18.9 Å². The number of alkyl halides is 3. The van der Waals surface area contributed by atoms with E-state index in [0.29, 0.717) is 17.1 Å². The third-order valence-electron chi connectivity index (χ3n) is 5.44. The molecule has 1 fully saturated rings. The zero-order chi connectivity index (χ0) is 22.5. The minimum atomic E-state index is -4.47. The molecule has 1 amide bonds. The Labute approximate surface area is 181 Å². The smallest absolute Gasteiger partial charge is 0.326 e. The van der Waals surface area contributed by atoms with Crippen molar-refractivity contribution in [3.8, 4) is 16.9 Å². The molecule has 0 saturated heterocycles. The molecule has 0 radical (unpaired) electrons. The molecule has 1 N–H and O–H groups in total. The summed E-state index contributed by atoms with van der Waals surface area (Å²) in [6.07, 6.45) is -2.71. The number of anilines is 1. The maximum atomic E-state index is 13.2. The van der Waals surface area contributed by atoms with Crippen LogP contribution in [-0.2, 0) is 11.0 Å². The van der Waals surface area contributed by atoms with Crippen LogP contribution in [0.2, 0.25) is 0 Å². The molecule has 0 unspecified atom stereocenters. The monoisotopic (exact) mass is 436 g/mol.